The Labute approximate surface area is 127 Å². The van der Waals surface area contributed by atoms with E-state index in [9.17, 15) is 0 Å². The molecule has 2 aromatic rings. The minimum Gasteiger partial charge on any atom is -0.372 e. The highest BCUT2D eigenvalue weighted by Gasteiger charge is 2.03. The van der Waals surface area contributed by atoms with Crippen LogP contribution in [0.4, 0.5) is 11.5 Å². The van der Waals surface area contributed by atoms with E-state index in [1.165, 1.54) is 18.5 Å². The molecule has 0 atom stereocenters. The van der Waals surface area contributed by atoms with Gasteiger partial charge in [-0.3, -0.25) is 0 Å². The molecule has 1 heterocycles. The lowest BCUT2D eigenvalue weighted by Crippen LogP contribution is -2.24. The molecule has 2 rings (SSSR count). The van der Waals surface area contributed by atoms with Crippen molar-refractivity contribution in [1.29, 1.82) is 0 Å². The van der Waals surface area contributed by atoms with E-state index in [0.717, 1.165) is 24.5 Å². The summed E-state index contributed by atoms with van der Waals surface area (Å²) in [5.74, 6) is 0.970. The number of hydrogen-bond acceptors (Lipinski definition) is 2. The number of anilines is 1. The maximum atomic E-state index is 4.51. The molecule has 112 valence electrons. The lowest BCUT2D eigenvalue weighted by Gasteiger charge is -2.23. The fourth-order valence-electron chi connectivity index (χ4n) is 2.41. The molecule has 0 radical (unpaired) electrons. The van der Waals surface area contributed by atoms with Crippen LogP contribution in [-0.2, 0) is 7.05 Å². The third-order valence-corrected chi connectivity index (χ3v) is 3.51. The van der Waals surface area contributed by atoms with Gasteiger partial charge in [-0.05, 0) is 42.7 Å². The molecule has 0 saturated carbocycles. The van der Waals surface area contributed by atoms with Crippen molar-refractivity contribution in [2.75, 3.05) is 18.0 Å². The monoisotopic (exact) mass is 283 g/mol. The van der Waals surface area contributed by atoms with Crippen LogP contribution in [0.1, 0.15) is 32.3 Å². The van der Waals surface area contributed by atoms with Gasteiger partial charge in [-0.15, -0.1) is 0 Å². The van der Waals surface area contributed by atoms with Crippen molar-refractivity contribution in [3.8, 4) is 0 Å². The van der Waals surface area contributed by atoms with Crippen LogP contribution in [0.5, 0.6) is 0 Å². The molecular weight excluding hydrogens is 258 g/mol. The van der Waals surface area contributed by atoms with Gasteiger partial charge in [0.15, 0.2) is 0 Å². The van der Waals surface area contributed by atoms with Crippen LogP contribution in [0.3, 0.4) is 0 Å². The number of nitrogens with zero attached hydrogens (tertiary/aromatic N) is 3. The number of aryl methyl sites for hydroxylation is 1. The number of benzene rings is 1. The van der Waals surface area contributed by atoms with E-state index in [1.807, 2.05) is 36.2 Å². The van der Waals surface area contributed by atoms with Crippen molar-refractivity contribution in [3.63, 3.8) is 0 Å². The Balaban J connectivity index is 2.07. The molecule has 3 nitrogen and oxygen atoms in total. The highest BCUT2D eigenvalue weighted by atomic mass is 15.1. The zero-order chi connectivity index (χ0) is 15.1. The Kier molecular flexibility index (Phi) is 5.61. The first kappa shape index (κ1) is 15.4. The number of aliphatic imine (C=N–C) groups is 1. The lowest BCUT2D eigenvalue weighted by molar-refractivity contribution is 0.745. The van der Waals surface area contributed by atoms with Crippen molar-refractivity contribution in [3.05, 3.63) is 48.2 Å². The van der Waals surface area contributed by atoms with Gasteiger partial charge in [0.2, 0.25) is 0 Å². The number of rotatable bonds is 7. The van der Waals surface area contributed by atoms with Crippen LogP contribution in [0.2, 0.25) is 0 Å². The second kappa shape index (κ2) is 7.67. The van der Waals surface area contributed by atoms with Gasteiger partial charge in [0.1, 0.15) is 5.82 Å². The molecule has 0 saturated heterocycles. The summed E-state index contributed by atoms with van der Waals surface area (Å²) in [7, 11) is 2.00. The highest BCUT2D eigenvalue weighted by molar-refractivity contribution is 5.82. The Hall–Kier alpha value is -2.03. The van der Waals surface area contributed by atoms with Crippen LogP contribution < -0.4 is 4.90 Å². The molecule has 1 aromatic heterocycles. The number of hydrogen-bond donors (Lipinski definition) is 0. The van der Waals surface area contributed by atoms with Crippen LogP contribution in [-0.4, -0.2) is 23.9 Å². The maximum absolute atomic E-state index is 4.51. The van der Waals surface area contributed by atoms with E-state index < -0.39 is 0 Å². The largest absolute Gasteiger partial charge is 0.372 e. The van der Waals surface area contributed by atoms with Crippen LogP contribution in [0.25, 0.3) is 0 Å². The van der Waals surface area contributed by atoms with E-state index >= 15 is 0 Å². The first-order chi connectivity index (χ1) is 10.2. The van der Waals surface area contributed by atoms with Crippen molar-refractivity contribution < 1.29 is 0 Å². The first-order valence-electron chi connectivity index (χ1n) is 7.75. The molecule has 21 heavy (non-hydrogen) atoms. The van der Waals surface area contributed by atoms with Gasteiger partial charge in [0, 0.05) is 38.2 Å². The molecule has 0 amide bonds. The summed E-state index contributed by atoms with van der Waals surface area (Å²) in [4.78, 5) is 6.95. The van der Waals surface area contributed by atoms with Crippen molar-refractivity contribution in [2.24, 2.45) is 12.0 Å². The summed E-state index contributed by atoms with van der Waals surface area (Å²) < 4.78 is 2.01. The van der Waals surface area contributed by atoms with Gasteiger partial charge >= 0.3 is 0 Å². The van der Waals surface area contributed by atoms with Crippen molar-refractivity contribution in [1.82, 2.24) is 4.57 Å². The molecule has 3 heteroatoms. The van der Waals surface area contributed by atoms with Crippen LogP contribution >= 0.6 is 0 Å². The smallest absolute Gasteiger partial charge is 0.132 e. The molecule has 0 aliphatic heterocycles. The molecule has 0 aliphatic rings. The van der Waals surface area contributed by atoms with E-state index in [2.05, 4.69) is 48.0 Å². The summed E-state index contributed by atoms with van der Waals surface area (Å²) in [5, 5.41) is 0. The average Bonchev–Trinajstić information content (AvgIpc) is 2.91. The fraction of sp³-hybridized carbons (Fsp3) is 0.389. The van der Waals surface area contributed by atoms with Crippen molar-refractivity contribution in [2.45, 2.75) is 26.7 Å². The summed E-state index contributed by atoms with van der Waals surface area (Å²) >= 11 is 0. The standard InChI is InChI=1S/C18H25N3/c1-4-12-21(13-5-2)17-10-8-16(9-11-17)15-19-18-7-6-14-20(18)3/h6-11,14-15H,4-5,12-13H2,1-3H3. The Bertz CT molecular complexity index is 560. The SMILES string of the molecule is CCCN(CCC)c1ccc(C=Nc2cccn2C)cc1. The topological polar surface area (TPSA) is 20.5 Å². The van der Waals surface area contributed by atoms with Gasteiger partial charge in [-0.2, -0.15) is 0 Å². The first-order valence-corrected chi connectivity index (χ1v) is 7.75. The molecule has 0 unspecified atom stereocenters. The molecule has 0 aliphatic carbocycles. The summed E-state index contributed by atoms with van der Waals surface area (Å²) in [6.07, 6.45) is 6.28. The molecule has 0 N–H and O–H groups in total. The van der Waals surface area contributed by atoms with Gasteiger partial charge in [-0.25, -0.2) is 4.99 Å². The predicted molar refractivity (Wildman–Crippen MR) is 91.9 cm³/mol. The summed E-state index contributed by atoms with van der Waals surface area (Å²) in [6.45, 7) is 6.68. The zero-order valence-electron chi connectivity index (χ0n) is 13.3. The fourth-order valence-corrected chi connectivity index (χ4v) is 2.41. The second-order valence-corrected chi connectivity index (χ2v) is 5.31. The molecule has 0 spiro atoms. The average molecular weight is 283 g/mol. The van der Waals surface area contributed by atoms with Gasteiger partial charge < -0.3 is 9.47 Å². The summed E-state index contributed by atoms with van der Waals surface area (Å²) in [5.41, 5.74) is 2.43. The Morgan fingerprint density at radius 1 is 1.05 bits per heavy atom. The van der Waals surface area contributed by atoms with E-state index in [0.29, 0.717) is 0 Å². The number of aromatic nitrogens is 1. The molecular formula is C18H25N3. The normalized spacial score (nSPS) is 11.2. The van der Waals surface area contributed by atoms with Crippen molar-refractivity contribution >= 4 is 17.7 Å². The molecule has 1 aromatic carbocycles. The quantitative estimate of drug-likeness (QED) is 0.690. The van der Waals surface area contributed by atoms with E-state index in [4.69, 9.17) is 0 Å². The molecule has 0 bridgehead atoms. The van der Waals surface area contributed by atoms with Gasteiger partial charge in [-0.1, -0.05) is 26.0 Å². The van der Waals surface area contributed by atoms with Gasteiger partial charge in [0.05, 0.1) is 0 Å². The summed E-state index contributed by atoms with van der Waals surface area (Å²) in [6, 6.07) is 12.7. The predicted octanol–water partition coefficient (Wildman–Crippen LogP) is 4.40. The van der Waals surface area contributed by atoms with E-state index in [-0.39, 0.29) is 0 Å². The second-order valence-electron chi connectivity index (χ2n) is 5.31. The Morgan fingerprint density at radius 3 is 2.24 bits per heavy atom. The highest BCUT2D eigenvalue weighted by Crippen LogP contribution is 2.16. The van der Waals surface area contributed by atoms with Crippen LogP contribution in [0, 0.1) is 0 Å². The van der Waals surface area contributed by atoms with Crippen LogP contribution in [0.15, 0.2) is 47.6 Å². The third-order valence-electron chi connectivity index (χ3n) is 3.51. The molecule has 0 fully saturated rings. The Morgan fingerprint density at radius 2 is 1.71 bits per heavy atom. The minimum absolute atomic E-state index is 0.970. The maximum Gasteiger partial charge on any atom is 0.132 e. The lowest BCUT2D eigenvalue weighted by atomic mass is 10.2. The zero-order valence-corrected chi connectivity index (χ0v) is 13.3. The third kappa shape index (κ3) is 4.22. The minimum atomic E-state index is 0.970. The van der Waals surface area contributed by atoms with Gasteiger partial charge in [0.25, 0.3) is 0 Å². The van der Waals surface area contributed by atoms with E-state index in [1.54, 1.807) is 0 Å².